The summed E-state index contributed by atoms with van der Waals surface area (Å²) < 4.78 is 10.6. The van der Waals surface area contributed by atoms with Gasteiger partial charge in [0.05, 0.1) is 12.6 Å². The van der Waals surface area contributed by atoms with Gasteiger partial charge in [-0.2, -0.15) is 0 Å². The molecule has 0 radical (unpaired) electrons. The van der Waals surface area contributed by atoms with Crippen molar-refractivity contribution in [3.05, 3.63) is 35.9 Å². The van der Waals surface area contributed by atoms with E-state index in [0.29, 0.717) is 32.7 Å². The van der Waals surface area contributed by atoms with Gasteiger partial charge in [0.2, 0.25) is 0 Å². The fourth-order valence-electron chi connectivity index (χ4n) is 3.17. The predicted molar refractivity (Wildman–Crippen MR) is 90.7 cm³/mol. The topological polar surface area (TPSA) is 91.9 Å². The number of urea groups is 2. The lowest BCUT2D eigenvalue weighted by Crippen LogP contribution is -2.70. The number of nitrogens with one attached hydrogen (secondary N) is 3. The summed E-state index contributed by atoms with van der Waals surface area (Å²) in [5.74, 6) is 0. The van der Waals surface area contributed by atoms with Crippen molar-refractivity contribution in [3.63, 3.8) is 0 Å². The van der Waals surface area contributed by atoms with Gasteiger partial charge in [-0.1, -0.05) is 30.3 Å². The molecule has 136 valence electrons. The molecule has 1 aromatic carbocycles. The summed E-state index contributed by atoms with van der Waals surface area (Å²) in [4.78, 5) is 26.1. The van der Waals surface area contributed by atoms with Crippen molar-refractivity contribution in [2.75, 3.05) is 26.9 Å². The van der Waals surface area contributed by atoms with Gasteiger partial charge < -0.3 is 20.1 Å². The molecule has 8 nitrogen and oxygen atoms in total. The molecule has 1 aromatic rings. The highest BCUT2D eigenvalue weighted by Gasteiger charge is 2.37. The maximum atomic E-state index is 12.4. The first-order valence-corrected chi connectivity index (χ1v) is 8.47. The smallest absolute Gasteiger partial charge is 0.328 e. The van der Waals surface area contributed by atoms with Gasteiger partial charge in [0.15, 0.2) is 6.29 Å². The summed E-state index contributed by atoms with van der Waals surface area (Å²) >= 11 is 0. The van der Waals surface area contributed by atoms with E-state index in [-0.39, 0.29) is 12.1 Å². The summed E-state index contributed by atoms with van der Waals surface area (Å²) in [7, 11) is 1.61. The summed E-state index contributed by atoms with van der Waals surface area (Å²) in [6, 6.07) is 8.67. The summed E-state index contributed by atoms with van der Waals surface area (Å²) in [6.07, 6.45) is 0.668. The van der Waals surface area contributed by atoms with Crippen LogP contribution in [0, 0.1) is 0 Å². The Morgan fingerprint density at radius 1 is 1.20 bits per heavy atom. The second-order valence-electron chi connectivity index (χ2n) is 6.13. The van der Waals surface area contributed by atoms with Gasteiger partial charge in [0, 0.05) is 26.4 Å². The van der Waals surface area contributed by atoms with Crippen LogP contribution in [-0.2, 0) is 9.47 Å². The van der Waals surface area contributed by atoms with Crippen molar-refractivity contribution < 1.29 is 19.1 Å². The van der Waals surface area contributed by atoms with Crippen LogP contribution >= 0.6 is 0 Å². The van der Waals surface area contributed by atoms with Gasteiger partial charge >= 0.3 is 12.1 Å². The Labute approximate surface area is 146 Å². The quantitative estimate of drug-likeness (QED) is 0.718. The molecule has 3 N–H and O–H groups in total. The number of carbonyl (C=O) groups excluding carboxylic acids is 2. The van der Waals surface area contributed by atoms with Gasteiger partial charge in [-0.3, -0.25) is 5.32 Å². The lowest BCUT2D eigenvalue weighted by atomic mass is 10.1. The molecule has 4 amide bonds. The van der Waals surface area contributed by atoms with Crippen molar-refractivity contribution in [1.82, 2.24) is 20.9 Å². The van der Waals surface area contributed by atoms with Crippen molar-refractivity contribution in [3.8, 4) is 0 Å². The highest BCUT2D eigenvalue weighted by atomic mass is 16.5. The number of imide groups is 1. The van der Waals surface area contributed by atoms with Crippen molar-refractivity contribution >= 4 is 12.1 Å². The molecular weight excluding hydrogens is 324 g/mol. The van der Waals surface area contributed by atoms with E-state index in [0.717, 1.165) is 5.56 Å². The van der Waals surface area contributed by atoms with Gasteiger partial charge in [-0.25, -0.2) is 14.5 Å². The predicted octanol–water partition coefficient (Wildman–Crippen LogP) is 1.16. The maximum absolute atomic E-state index is 12.4. The fourth-order valence-corrected chi connectivity index (χ4v) is 3.17. The van der Waals surface area contributed by atoms with Crippen LogP contribution in [0.5, 0.6) is 0 Å². The van der Waals surface area contributed by atoms with Crippen molar-refractivity contribution in [2.45, 2.75) is 31.2 Å². The molecule has 0 saturated carbocycles. The first-order chi connectivity index (χ1) is 12.2. The van der Waals surface area contributed by atoms with Crippen molar-refractivity contribution in [1.29, 1.82) is 0 Å². The summed E-state index contributed by atoms with van der Waals surface area (Å²) in [5, 5.41) is 8.82. The molecular formula is C17H24N4O4. The van der Waals surface area contributed by atoms with E-state index in [4.69, 9.17) is 9.47 Å². The van der Waals surface area contributed by atoms with E-state index in [2.05, 4.69) is 16.0 Å². The van der Waals surface area contributed by atoms with Gasteiger partial charge in [-0.15, -0.1) is 0 Å². The normalized spacial score (nSPS) is 20.9. The highest BCUT2D eigenvalue weighted by molar-refractivity contribution is 5.96. The number of methoxy groups -OCH3 is 1. The lowest BCUT2D eigenvalue weighted by Gasteiger charge is -2.39. The second-order valence-corrected chi connectivity index (χ2v) is 6.13. The third kappa shape index (κ3) is 4.28. The van der Waals surface area contributed by atoms with Crippen LogP contribution in [-0.4, -0.2) is 56.2 Å². The molecule has 0 bridgehead atoms. The van der Waals surface area contributed by atoms with E-state index >= 15 is 0 Å². The van der Waals surface area contributed by atoms with E-state index in [1.807, 2.05) is 30.3 Å². The SMILES string of the molecule is COC[C@H](NC1NC(=O)N(C2CCOCC2)C(=O)N1)c1ccccc1. The Kier molecular flexibility index (Phi) is 5.85. The molecule has 2 heterocycles. The molecule has 3 rings (SSSR count). The largest absolute Gasteiger partial charge is 0.383 e. The summed E-state index contributed by atoms with van der Waals surface area (Å²) in [6.45, 7) is 1.54. The third-order valence-electron chi connectivity index (χ3n) is 4.43. The van der Waals surface area contributed by atoms with Crippen LogP contribution < -0.4 is 16.0 Å². The molecule has 0 aliphatic carbocycles. The number of hydrogen-bond acceptors (Lipinski definition) is 5. The number of amides is 4. The zero-order valence-electron chi connectivity index (χ0n) is 14.2. The molecule has 25 heavy (non-hydrogen) atoms. The summed E-state index contributed by atoms with van der Waals surface area (Å²) in [5.41, 5.74) is 1.01. The third-order valence-corrected chi connectivity index (χ3v) is 4.43. The van der Waals surface area contributed by atoms with E-state index in [9.17, 15) is 9.59 Å². The number of rotatable bonds is 6. The van der Waals surface area contributed by atoms with Gasteiger partial charge in [-0.05, 0) is 18.4 Å². The van der Waals surface area contributed by atoms with Crippen LogP contribution in [0.15, 0.2) is 30.3 Å². The monoisotopic (exact) mass is 348 g/mol. The van der Waals surface area contributed by atoms with E-state index in [1.165, 1.54) is 4.90 Å². The molecule has 2 fully saturated rings. The molecule has 0 spiro atoms. The van der Waals surface area contributed by atoms with E-state index in [1.54, 1.807) is 7.11 Å². The van der Waals surface area contributed by atoms with Gasteiger partial charge in [0.1, 0.15) is 0 Å². The minimum atomic E-state index is -0.656. The molecule has 2 aliphatic heterocycles. The van der Waals surface area contributed by atoms with Crippen LogP contribution in [0.3, 0.4) is 0 Å². The van der Waals surface area contributed by atoms with Crippen LogP contribution in [0.1, 0.15) is 24.4 Å². The second kappa shape index (κ2) is 8.28. The van der Waals surface area contributed by atoms with E-state index < -0.39 is 18.4 Å². The fraction of sp³-hybridized carbons (Fsp3) is 0.529. The molecule has 0 unspecified atom stereocenters. The Balaban J connectivity index is 1.64. The molecule has 8 heteroatoms. The number of hydrogen-bond donors (Lipinski definition) is 3. The highest BCUT2D eigenvalue weighted by Crippen LogP contribution is 2.18. The average Bonchev–Trinajstić information content (AvgIpc) is 2.62. The number of carbonyl (C=O) groups is 2. The van der Waals surface area contributed by atoms with Crippen LogP contribution in [0.25, 0.3) is 0 Å². The van der Waals surface area contributed by atoms with Crippen molar-refractivity contribution in [2.24, 2.45) is 0 Å². The minimum absolute atomic E-state index is 0.126. The average molecular weight is 348 g/mol. The Morgan fingerprint density at radius 2 is 1.84 bits per heavy atom. The number of benzene rings is 1. The molecule has 0 aromatic heterocycles. The first-order valence-electron chi connectivity index (χ1n) is 8.47. The standard InChI is InChI=1S/C17H24N4O4/c1-24-11-14(12-5-3-2-4-6-12)18-15-19-16(22)21(17(23)20-15)13-7-9-25-10-8-13/h2-6,13-15,18H,7-11H2,1H3,(H,19,22)(H,20,23)/t14-/m0/s1. The maximum Gasteiger partial charge on any atom is 0.328 e. The Hall–Kier alpha value is -2.16. The lowest BCUT2D eigenvalue weighted by molar-refractivity contribution is 0.0485. The number of ether oxygens (including phenoxy) is 2. The first kappa shape index (κ1) is 17.7. The van der Waals surface area contributed by atoms with Gasteiger partial charge in [0.25, 0.3) is 0 Å². The zero-order valence-corrected chi connectivity index (χ0v) is 14.2. The minimum Gasteiger partial charge on any atom is -0.383 e. The van der Waals surface area contributed by atoms with Crippen LogP contribution in [0.2, 0.25) is 0 Å². The molecule has 2 saturated heterocycles. The Morgan fingerprint density at radius 3 is 2.44 bits per heavy atom. The Bertz CT molecular complexity index is 574. The van der Waals surface area contributed by atoms with Crippen LogP contribution in [0.4, 0.5) is 9.59 Å². The molecule has 1 atom stereocenters. The number of nitrogens with zero attached hydrogens (tertiary/aromatic N) is 1. The zero-order chi connectivity index (χ0) is 17.6. The molecule has 2 aliphatic rings.